The molecule has 5 heteroatoms. The molecule has 0 fully saturated rings. The van der Waals surface area contributed by atoms with Crippen LogP contribution in [0.4, 0.5) is 4.39 Å². The van der Waals surface area contributed by atoms with Gasteiger partial charge < -0.3 is 4.98 Å². The molecular formula is C9H6ClFN2S. The number of halogens is 2. The molecule has 0 amide bonds. The molecule has 0 bridgehead atoms. The second-order valence-corrected chi connectivity index (χ2v) is 3.70. The quantitative estimate of drug-likeness (QED) is 0.701. The van der Waals surface area contributed by atoms with Crippen molar-refractivity contribution in [1.82, 2.24) is 9.97 Å². The number of hydrogen-bond donors (Lipinski definition) is 1. The maximum absolute atomic E-state index is 13.4. The van der Waals surface area contributed by atoms with Crippen LogP contribution in [0, 0.1) is 17.4 Å². The van der Waals surface area contributed by atoms with E-state index in [1.807, 2.05) is 0 Å². The van der Waals surface area contributed by atoms with Crippen LogP contribution in [0.1, 0.15) is 5.82 Å². The van der Waals surface area contributed by atoms with Crippen LogP contribution in [0.15, 0.2) is 12.1 Å². The molecule has 14 heavy (non-hydrogen) atoms. The maximum Gasteiger partial charge on any atom is 0.147 e. The fourth-order valence-electron chi connectivity index (χ4n) is 1.30. The van der Waals surface area contributed by atoms with E-state index in [2.05, 4.69) is 9.97 Å². The van der Waals surface area contributed by atoms with Crippen molar-refractivity contribution >= 4 is 34.7 Å². The highest BCUT2D eigenvalue weighted by Gasteiger charge is 2.07. The number of aryl methyl sites for hydroxylation is 1. The summed E-state index contributed by atoms with van der Waals surface area (Å²) >= 11 is 10.9. The van der Waals surface area contributed by atoms with Gasteiger partial charge in [0, 0.05) is 0 Å². The molecular weight excluding hydrogens is 223 g/mol. The van der Waals surface area contributed by atoms with Crippen LogP contribution in [-0.2, 0) is 0 Å². The molecule has 2 rings (SSSR count). The molecule has 0 radical (unpaired) electrons. The van der Waals surface area contributed by atoms with Crippen molar-refractivity contribution in [3.05, 3.63) is 33.4 Å². The molecule has 0 saturated carbocycles. The van der Waals surface area contributed by atoms with Crippen LogP contribution in [0.3, 0.4) is 0 Å². The largest absolute Gasteiger partial charge is 0.341 e. The highest BCUT2D eigenvalue weighted by molar-refractivity contribution is 7.71. The number of benzene rings is 1. The highest BCUT2D eigenvalue weighted by atomic mass is 35.5. The van der Waals surface area contributed by atoms with E-state index < -0.39 is 0 Å². The van der Waals surface area contributed by atoms with Crippen LogP contribution < -0.4 is 0 Å². The van der Waals surface area contributed by atoms with Gasteiger partial charge in [-0.3, -0.25) is 0 Å². The van der Waals surface area contributed by atoms with Crippen molar-refractivity contribution in [2.75, 3.05) is 0 Å². The molecule has 0 unspecified atom stereocenters. The number of rotatable bonds is 0. The smallest absolute Gasteiger partial charge is 0.147 e. The van der Waals surface area contributed by atoms with Crippen LogP contribution >= 0.6 is 23.8 Å². The predicted molar refractivity (Wildman–Crippen MR) is 56.6 cm³/mol. The Bertz CT molecular complexity index is 564. The number of fused-ring (bicyclic) bond motifs is 1. The van der Waals surface area contributed by atoms with E-state index >= 15 is 0 Å². The first kappa shape index (κ1) is 9.55. The Morgan fingerprint density at radius 2 is 2.21 bits per heavy atom. The first-order valence-corrected chi connectivity index (χ1v) is 4.73. The van der Waals surface area contributed by atoms with E-state index in [0.717, 1.165) is 0 Å². The number of aromatic nitrogens is 2. The zero-order chi connectivity index (χ0) is 10.3. The van der Waals surface area contributed by atoms with Gasteiger partial charge in [0.2, 0.25) is 0 Å². The minimum absolute atomic E-state index is 0.315. The maximum atomic E-state index is 13.4. The Kier molecular flexibility index (Phi) is 2.25. The monoisotopic (exact) mass is 228 g/mol. The van der Waals surface area contributed by atoms with Crippen molar-refractivity contribution in [1.29, 1.82) is 0 Å². The minimum atomic E-state index is -0.374. The lowest BCUT2D eigenvalue weighted by molar-refractivity contribution is 0.636. The summed E-state index contributed by atoms with van der Waals surface area (Å²) in [6.07, 6.45) is 0. The van der Waals surface area contributed by atoms with E-state index in [1.54, 1.807) is 6.92 Å². The summed E-state index contributed by atoms with van der Waals surface area (Å²) in [6.45, 7) is 1.72. The Hall–Kier alpha value is -1.00. The zero-order valence-electron chi connectivity index (χ0n) is 7.27. The molecule has 1 aromatic heterocycles. The SMILES string of the molecule is Cc1nc(=S)c2c(Cl)ccc(F)c2[nH]1. The van der Waals surface area contributed by atoms with Crippen molar-refractivity contribution in [2.45, 2.75) is 6.92 Å². The fourth-order valence-corrected chi connectivity index (χ4v) is 1.95. The summed E-state index contributed by atoms with van der Waals surface area (Å²) in [5.74, 6) is 0.199. The Balaban J connectivity index is 3.08. The summed E-state index contributed by atoms with van der Waals surface area (Å²) in [6, 6.07) is 2.77. The molecule has 0 spiro atoms. The van der Waals surface area contributed by atoms with E-state index in [1.165, 1.54) is 12.1 Å². The second kappa shape index (κ2) is 3.29. The van der Waals surface area contributed by atoms with E-state index in [0.29, 0.717) is 26.4 Å². The first-order chi connectivity index (χ1) is 6.59. The summed E-state index contributed by atoms with van der Waals surface area (Å²) in [7, 11) is 0. The van der Waals surface area contributed by atoms with Crippen molar-refractivity contribution in [2.24, 2.45) is 0 Å². The molecule has 1 aromatic carbocycles. The summed E-state index contributed by atoms with van der Waals surface area (Å²) in [5.41, 5.74) is 0.315. The number of aromatic amines is 1. The lowest BCUT2D eigenvalue weighted by atomic mass is 10.2. The fraction of sp³-hybridized carbons (Fsp3) is 0.111. The van der Waals surface area contributed by atoms with Gasteiger partial charge in [0.25, 0.3) is 0 Å². The molecule has 2 nitrogen and oxygen atoms in total. The third kappa shape index (κ3) is 1.40. The van der Waals surface area contributed by atoms with Gasteiger partial charge >= 0.3 is 0 Å². The topological polar surface area (TPSA) is 28.7 Å². The Morgan fingerprint density at radius 3 is 2.93 bits per heavy atom. The third-order valence-electron chi connectivity index (χ3n) is 1.89. The van der Waals surface area contributed by atoms with Crippen LogP contribution in [0.2, 0.25) is 5.02 Å². The lowest BCUT2D eigenvalue weighted by Crippen LogP contribution is -1.93. The number of nitrogens with one attached hydrogen (secondary N) is 1. The van der Waals surface area contributed by atoms with Crippen LogP contribution in [0.25, 0.3) is 10.9 Å². The lowest BCUT2D eigenvalue weighted by Gasteiger charge is -2.03. The molecule has 1 heterocycles. The standard InChI is InChI=1S/C9H6ClFN2S/c1-4-12-8-6(11)3-2-5(10)7(8)9(14)13-4/h2-3H,1H3,(H,12,13,14). The number of H-pyrrole nitrogens is 1. The van der Waals surface area contributed by atoms with Gasteiger partial charge in [-0.25, -0.2) is 9.37 Å². The van der Waals surface area contributed by atoms with Crippen molar-refractivity contribution in [3.8, 4) is 0 Å². The third-order valence-corrected chi connectivity index (χ3v) is 2.50. The van der Waals surface area contributed by atoms with Gasteiger partial charge in [-0.05, 0) is 19.1 Å². The Labute approximate surface area is 89.7 Å². The molecule has 1 N–H and O–H groups in total. The van der Waals surface area contributed by atoms with Gasteiger partial charge in [-0.15, -0.1) is 0 Å². The van der Waals surface area contributed by atoms with Gasteiger partial charge in [-0.1, -0.05) is 23.8 Å². The average Bonchev–Trinajstić information content (AvgIpc) is 2.10. The number of nitrogens with zero attached hydrogens (tertiary/aromatic N) is 1. The first-order valence-electron chi connectivity index (χ1n) is 3.94. The average molecular weight is 229 g/mol. The summed E-state index contributed by atoms with van der Waals surface area (Å²) < 4.78 is 13.7. The molecule has 0 saturated heterocycles. The molecule has 2 aromatic rings. The van der Waals surface area contributed by atoms with Gasteiger partial charge in [0.1, 0.15) is 16.3 Å². The number of hydrogen-bond acceptors (Lipinski definition) is 2. The minimum Gasteiger partial charge on any atom is -0.341 e. The molecule has 0 aliphatic heterocycles. The van der Waals surface area contributed by atoms with Crippen molar-refractivity contribution in [3.63, 3.8) is 0 Å². The molecule has 0 aliphatic rings. The molecule has 0 aliphatic carbocycles. The van der Waals surface area contributed by atoms with Crippen LogP contribution in [-0.4, -0.2) is 9.97 Å². The summed E-state index contributed by atoms with van der Waals surface area (Å²) in [5, 5.41) is 0.877. The summed E-state index contributed by atoms with van der Waals surface area (Å²) in [4.78, 5) is 6.81. The zero-order valence-corrected chi connectivity index (χ0v) is 8.84. The normalized spacial score (nSPS) is 10.8. The highest BCUT2D eigenvalue weighted by Crippen LogP contribution is 2.24. The van der Waals surface area contributed by atoms with Crippen LogP contribution in [0.5, 0.6) is 0 Å². The van der Waals surface area contributed by atoms with E-state index in [9.17, 15) is 4.39 Å². The molecule has 72 valence electrons. The van der Waals surface area contributed by atoms with E-state index in [4.69, 9.17) is 23.8 Å². The van der Waals surface area contributed by atoms with Gasteiger partial charge in [0.05, 0.1) is 15.9 Å². The Morgan fingerprint density at radius 1 is 1.50 bits per heavy atom. The van der Waals surface area contributed by atoms with Gasteiger partial charge in [-0.2, -0.15) is 0 Å². The predicted octanol–water partition coefficient (Wildman–Crippen LogP) is 3.39. The van der Waals surface area contributed by atoms with Gasteiger partial charge in [0.15, 0.2) is 0 Å². The molecule has 0 atom stereocenters. The second-order valence-electron chi connectivity index (χ2n) is 2.91. The van der Waals surface area contributed by atoms with E-state index in [-0.39, 0.29) is 5.82 Å². The van der Waals surface area contributed by atoms with Crippen molar-refractivity contribution < 1.29 is 4.39 Å².